The molecular weight excluding hydrogens is 223 g/mol. The lowest BCUT2D eigenvalue weighted by Gasteiger charge is -2.03. The van der Waals surface area contributed by atoms with Gasteiger partial charge in [-0.25, -0.2) is 4.57 Å². The van der Waals surface area contributed by atoms with Crippen molar-refractivity contribution in [3.63, 3.8) is 0 Å². The standard InChI is InChI=1S/C12H26O3P/c1-3-5-7-9-11-14-16(13)15-12-10-8-6-4-2/h3-12H2,1-2H3. The second-order valence-corrected chi connectivity index (χ2v) is 4.97. The van der Waals surface area contributed by atoms with Gasteiger partial charge in [0, 0.05) is 0 Å². The van der Waals surface area contributed by atoms with Crippen LogP contribution in [0.1, 0.15) is 65.2 Å². The summed E-state index contributed by atoms with van der Waals surface area (Å²) in [6.07, 6.45) is 9.12. The molecule has 16 heavy (non-hydrogen) atoms. The van der Waals surface area contributed by atoms with E-state index in [1.807, 2.05) is 0 Å². The molecule has 0 aromatic carbocycles. The molecule has 0 saturated carbocycles. The molecule has 4 heteroatoms. The van der Waals surface area contributed by atoms with Gasteiger partial charge in [-0.1, -0.05) is 52.4 Å². The van der Waals surface area contributed by atoms with Crippen molar-refractivity contribution in [2.24, 2.45) is 0 Å². The second-order valence-electron chi connectivity index (χ2n) is 4.01. The van der Waals surface area contributed by atoms with Gasteiger partial charge >= 0.3 is 8.25 Å². The van der Waals surface area contributed by atoms with Gasteiger partial charge in [-0.15, -0.1) is 0 Å². The Balaban J connectivity index is 3.12. The summed E-state index contributed by atoms with van der Waals surface area (Å²) in [6.45, 7) is 5.45. The van der Waals surface area contributed by atoms with Gasteiger partial charge < -0.3 is 0 Å². The SMILES string of the molecule is CCCCCCO[P](=O)OCCCCCC. The van der Waals surface area contributed by atoms with Crippen molar-refractivity contribution in [1.29, 1.82) is 0 Å². The molecule has 0 heterocycles. The Morgan fingerprint density at radius 3 is 1.56 bits per heavy atom. The first-order valence-electron chi connectivity index (χ1n) is 6.54. The summed E-state index contributed by atoms with van der Waals surface area (Å²) in [5, 5.41) is 0. The van der Waals surface area contributed by atoms with Crippen LogP contribution in [0.2, 0.25) is 0 Å². The van der Waals surface area contributed by atoms with Crippen LogP contribution >= 0.6 is 8.25 Å². The largest absolute Gasteiger partial charge is 0.368 e. The van der Waals surface area contributed by atoms with Crippen molar-refractivity contribution < 1.29 is 13.6 Å². The van der Waals surface area contributed by atoms with Gasteiger partial charge in [0.2, 0.25) is 0 Å². The summed E-state index contributed by atoms with van der Waals surface area (Å²) in [5.41, 5.74) is 0. The molecule has 0 spiro atoms. The molecule has 0 rings (SSSR count). The molecule has 97 valence electrons. The molecule has 3 nitrogen and oxygen atoms in total. The Hall–Kier alpha value is 0.0200. The van der Waals surface area contributed by atoms with Crippen LogP contribution in [0.3, 0.4) is 0 Å². The summed E-state index contributed by atoms with van der Waals surface area (Å²) >= 11 is 0. The van der Waals surface area contributed by atoms with Crippen LogP contribution in [-0.2, 0) is 13.6 Å². The first-order valence-corrected chi connectivity index (χ1v) is 7.63. The van der Waals surface area contributed by atoms with Crippen LogP contribution in [-0.4, -0.2) is 13.2 Å². The van der Waals surface area contributed by atoms with Crippen molar-refractivity contribution in [2.45, 2.75) is 65.2 Å². The van der Waals surface area contributed by atoms with E-state index in [0.717, 1.165) is 25.7 Å². The quantitative estimate of drug-likeness (QED) is 0.367. The highest BCUT2D eigenvalue weighted by Gasteiger charge is 2.01. The molecule has 0 aliphatic heterocycles. The van der Waals surface area contributed by atoms with E-state index in [2.05, 4.69) is 13.8 Å². The first-order chi connectivity index (χ1) is 7.81. The summed E-state index contributed by atoms with van der Waals surface area (Å²) in [5.74, 6) is 0. The summed E-state index contributed by atoms with van der Waals surface area (Å²) in [4.78, 5) is 0. The van der Waals surface area contributed by atoms with Gasteiger partial charge in [0.1, 0.15) is 0 Å². The molecule has 0 bridgehead atoms. The highest BCUT2D eigenvalue weighted by Crippen LogP contribution is 2.24. The van der Waals surface area contributed by atoms with Crippen molar-refractivity contribution in [1.82, 2.24) is 0 Å². The maximum absolute atomic E-state index is 11.2. The van der Waals surface area contributed by atoms with Gasteiger partial charge in [0.25, 0.3) is 0 Å². The van der Waals surface area contributed by atoms with Crippen LogP contribution in [0.15, 0.2) is 0 Å². The Kier molecular flexibility index (Phi) is 13.1. The van der Waals surface area contributed by atoms with E-state index in [0.29, 0.717) is 13.2 Å². The molecular formula is C12H26O3P. The van der Waals surface area contributed by atoms with E-state index < -0.39 is 8.25 Å². The highest BCUT2D eigenvalue weighted by atomic mass is 31.1. The van der Waals surface area contributed by atoms with Crippen LogP contribution < -0.4 is 0 Å². The lowest BCUT2D eigenvalue weighted by Crippen LogP contribution is -1.91. The van der Waals surface area contributed by atoms with Gasteiger partial charge in [-0.3, -0.25) is 9.05 Å². The molecule has 0 saturated heterocycles. The third-order valence-corrected chi connectivity index (χ3v) is 3.18. The van der Waals surface area contributed by atoms with E-state index in [1.165, 1.54) is 25.7 Å². The zero-order valence-electron chi connectivity index (χ0n) is 10.7. The normalized spacial score (nSPS) is 10.6. The second kappa shape index (κ2) is 13.1. The molecule has 0 fully saturated rings. The average molecular weight is 249 g/mol. The molecule has 0 aromatic heterocycles. The zero-order chi connectivity index (χ0) is 12.1. The minimum absolute atomic E-state index is 0.560. The Bertz CT molecular complexity index is 146. The highest BCUT2D eigenvalue weighted by molar-refractivity contribution is 7.33. The summed E-state index contributed by atoms with van der Waals surface area (Å²) in [7, 11) is -1.87. The fourth-order valence-corrected chi connectivity index (χ4v) is 2.00. The van der Waals surface area contributed by atoms with Gasteiger partial charge in [0.15, 0.2) is 0 Å². The fraction of sp³-hybridized carbons (Fsp3) is 1.00. The van der Waals surface area contributed by atoms with Gasteiger partial charge in [-0.05, 0) is 12.8 Å². The van der Waals surface area contributed by atoms with E-state index in [1.54, 1.807) is 0 Å². The molecule has 0 atom stereocenters. The van der Waals surface area contributed by atoms with Crippen LogP contribution in [0.5, 0.6) is 0 Å². The number of hydrogen-bond acceptors (Lipinski definition) is 3. The fourth-order valence-electron chi connectivity index (χ4n) is 1.37. The van der Waals surface area contributed by atoms with E-state index in [4.69, 9.17) is 9.05 Å². The Morgan fingerprint density at radius 1 is 0.750 bits per heavy atom. The predicted octanol–water partition coefficient (Wildman–Crippen LogP) is 4.84. The molecule has 1 radical (unpaired) electrons. The van der Waals surface area contributed by atoms with Crippen molar-refractivity contribution in [3.8, 4) is 0 Å². The van der Waals surface area contributed by atoms with Crippen LogP contribution in [0.25, 0.3) is 0 Å². The maximum Gasteiger partial charge on any atom is 0.368 e. The minimum Gasteiger partial charge on any atom is -0.283 e. The smallest absolute Gasteiger partial charge is 0.283 e. The third kappa shape index (κ3) is 12.1. The lowest BCUT2D eigenvalue weighted by molar-refractivity contribution is 0.218. The van der Waals surface area contributed by atoms with Gasteiger partial charge in [-0.2, -0.15) is 0 Å². The van der Waals surface area contributed by atoms with Crippen LogP contribution in [0.4, 0.5) is 0 Å². The third-order valence-electron chi connectivity index (χ3n) is 2.39. The van der Waals surface area contributed by atoms with E-state index in [-0.39, 0.29) is 0 Å². The Labute approximate surface area is 101 Å². The number of unbranched alkanes of at least 4 members (excludes halogenated alkanes) is 6. The van der Waals surface area contributed by atoms with Crippen molar-refractivity contribution in [3.05, 3.63) is 0 Å². The number of hydrogen-bond donors (Lipinski definition) is 0. The Morgan fingerprint density at radius 2 is 1.19 bits per heavy atom. The predicted molar refractivity (Wildman–Crippen MR) is 67.8 cm³/mol. The first kappa shape index (κ1) is 16.0. The van der Waals surface area contributed by atoms with Crippen molar-refractivity contribution >= 4 is 8.25 Å². The van der Waals surface area contributed by atoms with E-state index in [9.17, 15) is 4.57 Å². The zero-order valence-corrected chi connectivity index (χ0v) is 11.6. The summed E-state index contributed by atoms with van der Waals surface area (Å²) < 4.78 is 21.4. The monoisotopic (exact) mass is 249 g/mol. The van der Waals surface area contributed by atoms with E-state index >= 15 is 0 Å². The van der Waals surface area contributed by atoms with Gasteiger partial charge in [0.05, 0.1) is 13.2 Å². The topological polar surface area (TPSA) is 35.5 Å². The average Bonchev–Trinajstić information content (AvgIpc) is 2.28. The lowest BCUT2D eigenvalue weighted by atomic mass is 10.2. The number of rotatable bonds is 12. The van der Waals surface area contributed by atoms with Crippen molar-refractivity contribution in [2.75, 3.05) is 13.2 Å². The molecule has 0 aliphatic carbocycles. The maximum atomic E-state index is 11.2. The molecule has 0 unspecified atom stereocenters. The molecule has 0 aliphatic rings. The van der Waals surface area contributed by atoms with Crippen LogP contribution in [0, 0.1) is 0 Å². The molecule has 0 aromatic rings. The minimum atomic E-state index is -1.87. The molecule has 0 N–H and O–H groups in total. The summed E-state index contributed by atoms with van der Waals surface area (Å²) in [6, 6.07) is 0. The molecule has 0 amide bonds.